The van der Waals surface area contributed by atoms with Gasteiger partial charge in [-0.05, 0) is 18.4 Å². The average molecular weight is 348 g/mol. The monoisotopic (exact) mass is 348 g/mol. The summed E-state index contributed by atoms with van der Waals surface area (Å²) in [7, 11) is 0. The molecule has 0 atom stereocenters. The fourth-order valence-corrected chi connectivity index (χ4v) is 3.50. The molecule has 0 N–H and O–H groups in total. The third-order valence-corrected chi connectivity index (χ3v) is 4.79. The molecule has 1 aliphatic heterocycles. The van der Waals surface area contributed by atoms with Crippen molar-refractivity contribution < 1.29 is 14.3 Å². The van der Waals surface area contributed by atoms with Crippen LogP contribution in [0.1, 0.15) is 19.7 Å². The lowest BCUT2D eigenvalue weighted by Gasteiger charge is -2.35. The Hall–Kier alpha value is -2.22. The van der Waals surface area contributed by atoms with Crippen molar-refractivity contribution in [3.63, 3.8) is 0 Å². The van der Waals surface area contributed by atoms with Crippen LogP contribution in [0.3, 0.4) is 0 Å². The van der Waals surface area contributed by atoms with E-state index in [2.05, 4.69) is 14.9 Å². The van der Waals surface area contributed by atoms with Crippen LogP contribution in [0.2, 0.25) is 0 Å². The lowest BCUT2D eigenvalue weighted by atomic mass is 10.2. The number of hydrogen-bond acceptors (Lipinski definition) is 7. The molecule has 0 spiro atoms. The maximum Gasteiger partial charge on any atom is 0.397 e. The zero-order valence-corrected chi connectivity index (χ0v) is 14.6. The van der Waals surface area contributed by atoms with Crippen molar-refractivity contribution in [1.29, 1.82) is 0 Å². The second-order valence-corrected chi connectivity index (χ2v) is 6.35. The molecule has 3 heterocycles. The Morgan fingerprint density at radius 1 is 1.21 bits per heavy atom. The van der Waals surface area contributed by atoms with Crippen LogP contribution in [0.4, 0.5) is 5.82 Å². The normalized spacial score (nSPS) is 14.9. The molecule has 2 aromatic rings. The molecule has 0 unspecified atom stereocenters. The van der Waals surface area contributed by atoms with Crippen LogP contribution < -0.4 is 4.90 Å². The highest BCUT2D eigenvalue weighted by Crippen LogP contribution is 2.28. The number of carbonyl (C=O) groups is 2. The Kier molecular flexibility index (Phi) is 4.94. The number of amides is 1. The molecular formula is C16H20N4O3S. The Balaban J connectivity index is 1.74. The lowest BCUT2D eigenvalue weighted by Crippen LogP contribution is -2.51. The molecule has 1 aliphatic rings. The van der Waals surface area contributed by atoms with E-state index in [0.717, 1.165) is 28.3 Å². The first kappa shape index (κ1) is 16.6. The van der Waals surface area contributed by atoms with Crippen molar-refractivity contribution in [1.82, 2.24) is 14.9 Å². The number of esters is 1. The molecule has 0 radical (unpaired) electrons. The molecule has 0 aromatic carbocycles. The molecule has 1 fully saturated rings. The number of anilines is 1. The summed E-state index contributed by atoms with van der Waals surface area (Å²) in [6.45, 7) is 6.17. The Labute approximate surface area is 144 Å². The molecule has 0 bridgehead atoms. The number of hydrogen-bond donors (Lipinski definition) is 0. The zero-order chi connectivity index (χ0) is 17.1. The third kappa shape index (κ3) is 3.19. The summed E-state index contributed by atoms with van der Waals surface area (Å²) >= 11 is 1.61. The van der Waals surface area contributed by atoms with Gasteiger partial charge >= 0.3 is 11.9 Å². The van der Waals surface area contributed by atoms with E-state index in [-0.39, 0.29) is 6.61 Å². The van der Waals surface area contributed by atoms with Gasteiger partial charge in [0, 0.05) is 32.6 Å². The quantitative estimate of drug-likeness (QED) is 0.618. The molecule has 1 amide bonds. The van der Waals surface area contributed by atoms with Gasteiger partial charge in [-0.15, -0.1) is 11.3 Å². The van der Waals surface area contributed by atoms with E-state index in [9.17, 15) is 9.59 Å². The molecular weight excluding hydrogens is 328 g/mol. The molecule has 0 saturated carbocycles. The molecule has 3 rings (SSSR count). The number of fused-ring (bicyclic) bond motifs is 1. The van der Waals surface area contributed by atoms with Crippen molar-refractivity contribution in [2.45, 2.75) is 20.3 Å². The molecule has 0 aliphatic carbocycles. The second kappa shape index (κ2) is 7.12. The topological polar surface area (TPSA) is 75.6 Å². The van der Waals surface area contributed by atoms with Crippen molar-refractivity contribution in [2.24, 2.45) is 0 Å². The van der Waals surface area contributed by atoms with Gasteiger partial charge in [-0.25, -0.2) is 14.8 Å². The summed E-state index contributed by atoms with van der Waals surface area (Å²) in [6, 6.07) is 2.03. The van der Waals surface area contributed by atoms with Gasteiger partial charge in [-0.3, -0.25) is 4.79 Å². The summed E-state index contributed by atoms with van der Waals surface area (Å²) < 4.78 is 4.78. The van der Waals surface area contributed by atoms with E-state index >= 15 is 0 Å². The Morgan fingerprint density at radius 2 is 1.96 bits per heavy atom. The van der Waals surface area contributed by atoms with Crippen LogP contribution in [0.5, 0.6) is 0 Å². The van der Waals surface area contributed by atoms with Crippen LogP contribution in [-0.4, -0.2) is 59.5 Å². The van der Waals surface area contributed by atoms with E-state index < -0.39 is 11.9 Å². The largest absolute Gasteiger partial charge is 0.459 e. The number of aromatic nitrogens is 2. The van der Waals surface area contributed by atoms with Crippen LogP contribution in [0, 0.1) is 0 Å². The zero-order valence-electron chi connectivity index (χ0n) is 13.8. The maximum absolute atomic E-state index is 12.0. The first-order chi connectivity index (χ1) is 11.6. The SMILES string of the molecule is CCOC(=O)C(=O)N1CCN(c2nc(CC)nc3sccc23)CC1. The Morgan fingerprint density at radius 3 is 2.62 bits per heavy atom. The van der Waals surface area contributed by atoms with Gasteiger partial charge in [-0.1, -0.05) is 6.92 Å². The standard InChI is InChI=1S/C16H20N4O3S/c1-3-12-17-13(11-5-10-24-14(11)18-12)19-6-8-20(9-7-19)15(21)16(22)23-4-2/h5,10H,3-4,6-9H2,1-2H3. The van der Waals surface area contributed by atoms with Gasteiger partial charge < -0.3 is 14.5 Å². The maximum atomic E-state index is 12.0. The molecule has 2 aromatic heterocycles. The van der Waals surface area contributed by atoms with E-state index in [0.29, 0.717) is 26.2 Å². The molecule has 8 heteroatoms. The minimum absolute atomic E-state index is 0.210. The average Bonchev–Trinajstić information content (AvgIpc) is 3.09. The van der Waals surface area contributed by atoms with Crippen LogP contribution in [0.15, 0.2) is 11.4 Å². The summed E-state index contributed by atoms with van der Waals surface area (Å²) in [4.78, 5) is 37.5. The van der Waals surface area contributed by atoms with Crippen LogP contribution in [0.25, 0.3) is 10.2 Å². The highest BCUT2D eigenvalue weighted by molar-refractivity contribution is 7.16. The van der Waals surface area contributed by atoms with E-state index in [4.69, 9.17) is 4.74 Å². The lowest BCUT2D eigenvalue weighted by molar-refractivity contribution is -0.160. The van der Waals surface area contributed by atoms with Gasteiger partial charge in [0.05, 0.1) is 12.0 Å². The van der Waals surface area contributed by atoms with Gasteiger partial charge in [0.2, 0.25) is 0 Å². The Bertz CT molecular complexity index is 753. The molecule has 24 heavy (non-hydrogen) atoms. The number of thiophene rings is 1. The number of carbonyl (C=O) groups excluding carboxylic acids is 2. The van der Waals surface area contributed by atoms with E-state index in [1.165, 1.54) is 0 Å². The first-order valence-electron chi connectivity index (χ1n) is 8.09. The van der Waals surface area contributed by atoms with Gasteiger partial charge in [0.1, 0.15) is 16.5 Å². The molecule has 1 saturated heterocycles. The highest BCUT2D eigenvalue weighted by atomic mass is 32.1. The van der Waals surface area contributed by atoms with Crippen LogP contribution >= 0.6 is 11.3 Å². The predicted octanol–water partition coefficient (Wildman–Crippen LogP) is 1.47. The number of rotatable bonds is 3. The first-order valence-corrected chi connectivity index (χ1v) is 8.97. The fourth-order valence-electron chi connectivity index (χ4n) is 2.73. The minimum Gasteiger partial charge on any atom is -0.459 e. The summed E-state index contributed by atoms with van der Waals surface area (Å²) in [6.07, 6.45) is 0.780. The van der Waals surface area contributed by atoms with Crippen molar-refractivity contribution >= 4 is 39.2 Å². The highest BCUT2D eigenvalue weighted by Gasteiger charge is 2.28. The number of aryl methyl sites for hydroxylation is 1. The second-order valence-electron chi connectivity index (χ2n) is 5.46. The smallest absolute Gasteiger partial charge is 0.397 e. The molecule has 128 valence electrons. The number of ether oxygens (including phenoxy) is 1. The van der Waals surface area contributed by atoms with Gasteiger partial charge in [0.25, 0.3) is 0 Å². The summed E-state index contributed by atoms with van der Waals surface area (Å²) in [5.74, 6) is 0.405. The minimum atomic E-state index is -0.776. The molecule has 7 nitrogen and oxygen atoms in total. The van der Waals surface area contributed by atoms with Crippen molar-refractivity contribution in [2.75, 3.05) is 37.7 Å². The van der Waals surface area contributed by atoms with E-state index in [1.807, 2.05) is 18.4 Å². The fraction of sp³-hybridized carbons (Fsp3) is 0.500. The number of piperazine rings is 1. The summed E-state index contributed by atoms with van der Waals surface area (Å²) in [5.41, 5.74) is 0. The third-order valence-electron chi connectivity index (χ3n) is 3.98. The predicted molar refractivity (Wildman–Crippen MR) is 92.2 cm³/mol. The van der Waals surface area contributed by atoms with E-state index in [1.54, 1.807) is 23.2 Å². The van der Waals surface area contributed by atoms with Gasteiger partial charge in [0.15, 0.2) is 0 Å². The summed E-state index contributed by atoms with van der Waals surface area (Å²) in [5, 5.41) is 3.06. The van der Waals surface area contributed by atoms with Crippen molar-refractivity contribution in [3.05, 3.63) is 17.3 Å². The van der Waals surface area contributed by atoms with Crippen LogP contribution in [-0.2, 0) is 20.7 Å². The number of nitrogens with zero attached hydrogens (tertiary/aromatic N) is 4. The van der Waals surface area contributed by atoms with Gasteiger partial charge in [-0.2, -0.15) is 0 Å². The van der Waals surface area contributed by atoms with Crippen molar-refractivity contribution in [3.8, 4) is 0 Å².